The van der Waals surface area contributed by atoms with Crippen LogP contribution in [0.4, 0.5) is 0 Å². The van der Waals surface area contributed by atoms with Gasteiger partial charge in [-0.3, -0.25) is 19.2 Å². The number of carbonyl (C=O) groups excluding carboxylic acids is 5. The second-order valence-electron chi connectivity index (χ2n) is 9.49. The molecule has 3 aromatic rings. The molecule has 2 heterocycles. The van der Waals surface area contributed by atoms with Gasteiger partial charge in [-0.25, -0.2) is 9.80 Å². The number of halogens is 2. The largest absolute Gasteiger partial charge is 0.422 e. The quantitative estimate of drug-likeness (QED) is 0.111. The molecule has 2 aliphatic rings. The molecule has 0 unspecified atom stereocenters. The average molecular weight is 597 g/mol. The van der Waals surface area contributed by atoms with E-state index in [9.17, 15) is 24.0 Å². The molecule has 0 bridgehead atoms. The van der Waals surface area contributed by atoms with Gasteiger partial charge in [-0.15, -0.1) is 11.3 Å². The van der Waals surface area contributed by atoms with Crippen LogP contribution in [-0.2, 0) is 9.59 Å². The summed E-state index contributed by atoms with van der Waals surface area (Å²) in [6.07, 6.45) is 2.69. The number of fused-ring (bicyclic) bond motifs is 1. The lowest BCUT2D eigenvalue weighted by atomic mass is 9.82. The molecule has 5 rings (SSSR count). The zero-order valence-corrected chi connectivity index (χ0v) is 23.5. The van der Waals surface area contributed by atoms with Crippen LogP contribution >= 0.6 is 34.5 Å². The lowest BCUT2D eigenvalue weighted by Crippen LogP contribution is -2.52. The average Bonchev–Trinajstić information content (AvgIpc) is 3.55. The van der Waals surface area contributed by atoms with E-state index in [1.165, 1.54) is 53.8 Å². The van der Waals surface area contributed by atoms with E-state index < -0.39 is 47.9 Å². The zero-order valence-electron chi connectivity index (χ0n) is 21.1. The molecule has 11 heteroatoms. The van der Waals surface area contributed by atoms with E-state index >= 15 is 0 Å². The number of esters is 1. The summed E-state index contributed by atoms with van der Waals surface area (Å²) in [5.41, 5.74) is 1.16. The fraction of sp³-hybridized carbons (Fsp3) is 0.207. The van der Waals surface area contributed by atoms with Gasteiger partial charge >= 0.3 is 5.97 Å². The van der Waals surface area contributed by atoms with Crippen LogP contribution in [0.15, 0.2) is 71.6 Å². The molecule has 1 aromatic heterocycles. The Morgan fingerprint density at radius 2 is 1.75 bits per heavy atom. The first-order valence-corrected chi connectivity index (χ1v) is 14.0. The number of nitrogens with zero attached hydrogens (tertiary/aromatic N) is 2. The van der Waals surface area contributed by atoms with E-state index in [0.29, 0.717) is 22.7 Å². The van der Waals surface area contributed by atoms with Gasteiger partial charge in [0.2, 0.25) is 0 Å². The molecule has 1 aliphatic carbocycles. The third-order valence-corrected chi connectivity index (χ3v) is 8.24. The van der Waals surface area contributed by atoms with Crippen LogP contribution in [0.5, 0.6) is 5.75 Å². The number of allylic oxidation sites excluding steroid dienone is 2. The van der Waals surface area contributed by atoms with Crippen LogP contribution in [0.1, 0.15) is 50.2 Å². The van der Waals surface area contributed by atoms with Gasteiger partial charge in [-0.1, -0.05) is 40.9 Å². The van der Waals surface area contributed by atoms with Gasteiger partial charge in [-0.05, 0) is 73.7 Å². The Bertz CT molecular complexity index is 1550. The van der Waals surface area contributed by atoms with Crippen LogP contribution in [0.25, 0.3) is 0 Å². The lowest BCUT2D eigenvalue weighted by Gasteiger charge is -2.30. The second-order valence-corrected chi connectivity index (χ2v) is 11.3. The number of hydrogen-bond acceptors (Lipinski definition) is 7. The summed E-state index contributed by atoms with van der Waals surface area (Å²) in [4.78, 5) is 66.6. The number of amides is 3. The van der Waals surface area contributed by atoms with Crippen molar-refractivity contribution >= 4 is 64.0 Å². The van der Waals surface area contributed by atoms with Crippen LogP contribution in [-0.4, -0.2) is 46.0 Å². The summed E-state index contributed by atoms with van der Waals surface area (Å²) in [5, 5.41) is 3.72. The molecule has 0 saturated carbocycles. The summed E-state index contributed by atoms with van der Waals surface area (Å²) in [5.74, 6) is -3.93. The molecular weight excluding hydrogens is 575 g/mol. The van der Waals surface area contributed by atoms with Gasteiger partial charge in [0, 0.05) is 10.6 Å². The van der Waals surface area contributed by atoms with E-state index in [1.807, 2.05) is 13.0 Å². The number of ketones is 1. The zero-order chi connectivity index (χ0) is 28.6. The highest BCUT2D eigenvalue weighted by atomic mass is 35.5. The normalized spacial score (nSPS) is 18.3. The highest BCUT2D eigenvalue weighted by molar-refractivity contribution is 7.12. The van der Waals surface area contributed by atoms with E-state index in [4.69, 9.17) is 27.9 Å². The third kappa shape index (κ3) is 5.45. The van der Waals surface area contributed by atoms with E-state index in [1.54, 1.807) is 17.5 Å². The smallest absolute Gasteiger partial charge is 0.353 e. The van der Waals surface area contributed by atoms with Crippen molar-refractivity contribution in [3.05, 3.63) is 97.7 Å². The maximum absolute atomic E-state index is 13.7. The van der Waals surface area contributed by atoms with Crippen molar-refractivity contribution in [2.24, 2.45) is 11.8 Å². The standard InChI is InChI=1S/C29H22Cl2N2O6S/c1-16-4-10-20-22(13-16)28(37)33(27(20)36)32(26(35)21-11-7-18(30)14-23(21)31)15-24(34)17-5-8-19(9-6-17)39-29(38)25-3-2-12-40-25/h2-9,11-12,14,20,22H,10,13,15H2,1H3/t20-,22+/m0/s1. The highest BCUT2D eigenvalue weighted by Crippen LogP contribution is 2.39. The SMILES string of the molecule is CC1=CC[C@@H]2C(=O)N(N(CC(=O)c3ccc(OC(=O)c4cccs4)cc3)C(=O)c3ccc(Cl)cc3Cl)C(=O)[C@@H]2C1. The van der Waals surface area contributed by atoms with Crippen molar-refractivity contribution in [2.75, 3.05) is 6.54 Å². The van der Waals surface area contributed by atoms with Gasteiger partial charge < -0.3 is 4.74 Å². The summed E-state index contributed by atoms with van der Waals surface area (Å²) in [6.45, 7) is 1.29. The lowest BCUT2D eigenvalue weighted by molar-refractivity contribution is -0.154. The van der Waals surface area contributed by atoms with Crippen molar-refractivity contribution in [1.82, 2.24) is 10.0 Å². The molecule has 1 fully saturated rings. The molecule has 0 spiro atoms. The number of hydrogen-bond donors (Lipinski definition) is 0. The maximum atomic E-state index is 13.7. The van der Waals surface area contributed by atoms with Gasteiger partial charge in [0.15, 0.2) is 5.78 Å². The van der Waals surface area contributed by atoms with Crippen LogP contribution in [0.3, 0.4) is 0 Å². The van der Waals surface area contributed by atoms with Gasteiger partial charge in [0.1, 0.15) is 17.2 Å². The third-order valence-electron chi connectivity index (χ3n) is 6.84. The Balaban J connectivity index is 1.41. The van der Waals surface area contributed by atoms with Crippen molar-refractivity contribution < 1.29 is 28.7 Å². The minimum atomic E-state index is -0.790. The monoisotopic (exact) mass is 596 g/mol. The topological polar surface area (TPSA) is 101 Å². The second kappa shape index (κ2) is 11.4. The highest BCUT2D eigenvalue weighted by Gasteiger charge is 2.52. The van der Waals surface area contributed by atoms with Gasteiger partial charge in [0.25, 0.3) is 17.7 Å². The first-order chi connectivity index (χ1) is 19.1. The fourth-order valence-corrected chi connectivity index (χ4v) is 5.87. The minimum Gasteiger partial charge on any atom is -0.422 e. The van der Waals surface area contributed by atoms with E-state index in [0.717, 1.165) is 15.6 Å². The predicted molar refractivity (Wildman–Crippen MR) is 149 cm³/mol. The van der Waals surface area contributed by atoms with Crippen molar-refractivity contribution in [2.45, 2.75) is 19.8 Å². The summed E-state index contributed by atoms with van der Waals surface area (Å²) in [7, 11) is 0. The van der Waals surface area contributed by atoms with Gasteiger partial charge in [-0.2, -0.15) is 5.01 Å². The number of ether oxygens (including phenoxy) is 1. The molecular formula is C29H22Cl2N2O6S. The molecule has 40 heavy (non-hydrogen) atoms. The Morgan fingerprint density at radius 3 is 2.42 bits per heavy atom. The maximum Gasteiger partial charge on any atom is 0.353 e. The van der Waals surface area contributed by atoms with Crippen LogP contribution < -0.4 is 4.74 Å². The number of benzene rings is 2. The summed E-state index contributed by atoms with van der Waals surface area (Å²) in [6, 6.07) is 13.4. The number of hydrazine groups is 1. The molecule has 2 atom stereocenters. The molecule has 0 N–H and O–H groups in total. The molecule has 2 aromatic carbocycles. The first-order valence-electron chi connectivity index (χ1n) is 12.3. The number of imide groups is 1. The molecule has 1 saturated heterocycles. The van der Waals surface area contributed by atoms with Gasteiger partial charge in [0.05, 0.1) is 22.4 Å². The summed E-state index contributed by atoms with van der Waals surface area (Å²) < 4.78 is 5.33. The Labute approximate surface area is 243 Å². The number of carbonyl (C=O) groups is 5. The van der Waals surface area contributed by atoms with E-state index in [-0.39, 0.29) is 21.9 Å². The Morgan fingerprint density at radius 1 is 1.02 bits per heavy atom. The molecule has 3 amide bonds. The Kier molecular flexibility index (Phi) is 7.89. The minimum absolute atomic E-state index is 0.0144. The molecule has 204 valence electrons. The van der Waals surface area contributed by atoms with E-state index in [2.05, 4.69) is 0 Å². The fourth-order valence-electron chi connectivity index (χ4n) is 4.78. The number of thiophene rings is 1. The molecule has 1 aliphatic heterocycles. The molecule has 8 nitrogen and oxygen atoms in total. The Hall–Kier alpha value is -3.79. The first kappa shape index (κ1) is 27.8. The van der Waals surface area contributed by atoms with Crippen molar-refractivity contribution in [3.63, 3.8) is 0 Å². The number of Topliss-reactive ketones (excluding diaryl/α,β-unsaturated/α-hetero) is 1. The van der Waals surface area contributed by atoms with Crippen molar-refractivity contribution in [3.8, 4) is 5.75 Å². The number of rotatable bonds is 7. The van der Waals surface area contributed by atoms with Crippen LogP contribution in [0.2, 0.25) is 10.0 Å². The van der Waals surface area contributed by atoms with Crippen molar-refractivity contribution in [1.29, 1.82) is 0 Å². The molecule has 0 radical (unpaired) electrons. The predicted octanol–water partition coefficient (Wildman–Crippen LogP) is 5.86. The van der Waals surface area contributed by atoms with Crippen LogP contribution in [0, 0.1) is 11.8 Å². The summed E-state index contributed by atoms with van der Waals surface area (Å²) >= 11 is 13.5.